The molecule has 1 saturated carbocycles. The highest BCUT2D eigenvalue weighted by atomic mass is 16.5. The van der Waals surface area contributed by atoms with Crippen LogP contribution in [0.1, 0.15) is 30.0 Å². The van der Waals surface area contributed by atoms with Gasteiger partial charge in [-0.25, -0.2) is 0 Å². The van der Waals surface area contributed by atoms with Gasteiger partial charge < -0.3 is 9.47 Å². The van der Waals surface area contributed by atoms with Crippen LogP contribution in [0.4, 0.5) is 0 Å². The van der Waals surface area contributed by atoms with Gasteiger partial charge in [0.2, 0.25) is 0 Å². The molecule has 0 aromatic heterocycles. The topological polar surface area (TPSA) is 35.5 Å². The SMILES string of the molecule is CCOC(=O)C1CC12Cc1ccc(OCc3ccccc3)cc12. The summed E-state index contributed by atoms with van der Waals surface area (Å²) in [4.78, 5) is 12.0. The molecular formula is C20H20O3. The molecule has 0 heterocycles. The summed E-state index contributed by atoms with van der Waals surface area (Å²) < 4.78 is 11.1. The molecule has 0 saturated heterocycles. The highest BCUT2D eigenvalue weighted by molar-refractivity contribution is 5.81. The zero-order valence-electron chi connectivity index (χ0n) is 13.2. The Morgan fingerprint density at radius 2 is 2.04 bits per heavy atom. The number of rotatable bonds is 5. The van der Waals surface area contributed by atoms with Crippen LogP contribution in [-0.4, -0.2) is 12.6 Å². The second-order valence-corrected chi connectivity index (χ2v) is 6.43. The molecule has 2 aliphatic carbocycles. The van der Waals surface area contributed by atoms with E-state index in [4.69, 9.17) is 9.47 Å². The summed E-state index contributed by atoms with van der Waals surface area (Å²) >= 11 is 0. The minimum atomic E-state index is -0.0474. The fraction of sp³-hybridized carbons (Fsp3) is 0.350. The number of carbonyl (C=O) groups excluding carboxylic acids is 1. The molecule has 2 atom stereocenters. The Kier molecular flexibility index (Phi) is 3.37. The van der Waals surface area contributed by atoms with Crippen molar-refractivity contribution in [3.63, 3.8) is 0 Å². The van der Waals surface area contributed by atoms with E-state index in [1.807, 2.05) is 31.2 Å². The summed E-state index contributed by atoms with van der Waals surface area (Å²) in [5.74, 6) is 0.870. The van der Waals surface area contributed by atoms with E-state index in [2.05, 4.69) is 24.3 Å². The molecule has 3 nitrogen and oxygen atoms in total. The molecule has 1 spiro atoms. The number of fused-ring (bicyclic) bond motifs is 2. The fourth-order valence-corrected chi connectivity index (χ4v) is 3.68. The first-order chi connectivity index (χ1) is 11.2. The molecule has 2 aromatic carbocycles. The monoisotopic (exact) mass is 308 g/mol. The van der Waals surface area contributed by atoms with Gasteiger partial charge in [-0.1, -0.05) is 36.4 Å². The maximum Gasteiger partial charge on any atom is 0.309 e. The zero-order valence-corrected chi connectivity index (χ0v) is 13.2. The Morgan fingerprint density at radius 3 is 2.83 bits per heavy atom. The van der Waals surface area contributed by atoms with E-state index in [0.29, 0.717) is 13.2 Å². The van der Waals surface area contributed by atoms with Crippen molar-refractivity contribution < 1.29 is 14.3 Å². The normalized spacial score (nSPS) is 23.8. The lowest BCUT2D eigenvalue weighted by molar-refractivity contribution is -0.145. The molecule has 0 radical (unpaired) electrons. The van der Waals surface area contributed by atoms with Crippen molar-refractivity contribution in [3.05, 3.63) is 65.2 Å². The van der Waals surface area contributed by atoms with E-state index in [9.17, 15) is 4.79 Å². The molecule has 0 amide bonds. The first-order valence-corrected chi connectivity index (χ1v) is 8.20. The Morgan fingerprint density at radius 1 is 1.22 bits per heavy atom. The first-order valence-electron chi connectivity index (χ1n) is 8.20. The largest absolute Gasteiger partial charge is 0.489 e. The van der Waals surface area contributed by atoms with Crippen LogP contribution in [0.3, 0.4) is 0 Å². The summed E-state index contributed by atoms with van der Waals surface area (Å²) in [6.07, 6.45) is 1.91. The third-order valence-electron chi connectivity index (χ3n) is 5.02. The van der Waals surface area contributed by atoms with Gasteiger partial charge in [-0.05, 0) is 48.6 Å². The van der Waals surface area contributed by atoms with Crippen LogP contribution < -0.4 is 4.74 Å². The Balaban J connectivity index is 1.46. The minimum absolute atomic E-state index is 0.0354. The lowest BCUT2D eigenvalue weighted by atomic mass is 9.73. The number of benzene rings is 2. The van der Waals surface area contributed by atoms with Gasteiger partial charge in [-0.2, -0.15) is 0 Å². The molecule has 0 bridgehead atoms. The lowest BCUT2D eigenvalue weighted by Gasteiger charge is -2.32. The summed E-state index contributed by atoms with van der Waals surface area (Å²) in [7, 11) is 0. The maximum atomic E-state index is 12.0. The van der Waals surface area contributed by atoms with Crippen molar-refractivity contribution in [2.45, 2.75) is 31.8 Å². The molecule has 0 aliphatic heterocycles. The number of hydrogen-bond acceptors (Lipinski definition) is 3. The summed E-state index contributed by atoms with van der Waals surface area (Å²) in [5.41, 5.74) is 3.80. The van der Waals surface area contributed by atoms with Gasteiger partial charge in [0.15, 0.2) is 0 Å². The molecule has 2 unspecified atom stereocenters. The number of carbonyl (C=O) groups is 1. The quantitative estimate of drug-likeness (QED) is 0.791. The molecule has 3 heteroatoms. The number of esters is 1. The Labute approximate surface area is 136 Å². The van der Waals surface area contributed by atoms with E-state index in [1.54, 1.807) is 0 Å². The Hall–Kier alpha value is -2.29. The van der Waals surface area contributed by atoms with Crippen LogP contribution in [-0.2, 0) is 28.0 Å². The highest BCUT2D eigenvalue weighted by Crippen LogP contribution is 2.64. The van der Waals surface area contributed by atoms with Crippen molar-refractivity contribution in [2.75, 3.05) is 6.61 Å². The van der Waals surface area contributed by atoms with Gasteiger partial charge in [0, 0.05) is 5.41 Å². The van der Waals surface area contributed by atoms with Crippen molar-refractivity contribution in [3.8, 4) is 5.75 Å². The predicted molar refractivity (Wildman–Crippen MR) is 87.3 cm³/mol. The van der Waals surface area contributed by atoms with Gasteiger partial charge in [0.1, 0.15) is 12.4 Å². The smallest absolute Gasteiger partial charge is 0.309 e. The number of hydrogen-bond donors (Lipinski definition) is 0. The number of ether oxygens (including phenoxy) is 2. The molecule has 1 fully saturated rings. The second-order valence-electron chi connectivity index (χ2n) is 6.43. The van der Waals surface area contributed by atoms with E-state index in [0.717, 1.165) is 24.2 Å². The molecule has 2 aromatic rings. The van der Waals surface area contributed by atoms with Gasteiger partial charge in [0.25, 0.3) is 0 Å². The van der Waals surface area contributed by atoms with Crippen LogP contribution in [0.25, 0.3) is 0 Å². The van der Waals surface area contributed by atoms with Crippen LogP contribution in [0.15, 0.2) is 48.5 Å². The molecule has 118 valence electrons. The lowest BCUT2D eigenvalue weighted by Crippen LogP contribution is -2.29. The highest BCUT2D eigenvalue weighted by Gasteiger charge is 2.65. The second kappa shape index (κ2) is 5.41. The summed E-state index contributed by atoms with van der Waals surface area (Å²) in [6.45, 7) is 2.88. The van der Waals surface area contributed by atoms with Gasteiger partial charge in [-0.3, -0.25) is 4.79 Å². The van der Waals surface area contributed by atoms with E-state index >= 15 is 0 Å². The van der Waals surface area contributed by atoms with Gasteiger partial charge in [0.05, 0.1) is 12.5 Å². The third kappa shape index (κ3) is 2.40. The van der Waals surface area contributed by atoms with E-state index in [-0.39, 0.29) is 17.3 Å². The Bertz CT molecular complexity index is 738. The molecule has 2 aliphatic rings. The molecular weight excluding hydrogens is 288 g/mol. The van der Waals surface area contributed by atoms with E-state index in [1.165, 1.54) is 11.1 Å². The van der Waals surface area contributed by atoms with Crippen molar-refractivity contribution in [1.29, 1.82) is 0 Å². The van der Waals surface area contributed by atoms with Crippen LogP contribution >= 0.6 is 0 Å². The van der Waals surface area contributed by atoms with Gasteiger partial charge in [-0.15, -0.1) is 0 Å². The maximum absolute atomic E-state index is 12.0. The van der Waals surface area contributed by atoms with Gasteiger partial charge >= 0.3 is 5.97 Å². The predicted octanol–water partition coefficient (Wildman–Crippen LogP) is 3.64. The first kappa shape index (κ1) is 14.3. The van der Waals surface area contributed by atoms with Crippen LogP contribution in [0.2, 0.25) is 0 Å². The third-order valence-corrected chi connectivity index (χ3v) is 5.02. The molecule has 0 N–H and O–H groups in total. The van der Waals surface area contributed by atoms with Crippen molar-refractivity contribution in [2.24, 2.45) is 5.92 Å². The average Bonchev–Trinajstić information content (AvgIpc) is 3.32. The average molecular weight is 308 g/mol. The minimum Gasteiger partial charge on any atom is -0.489 e. The van der Waals surface area contributed by atoms with Crippen molar-refractivity contribution in [1.82, 2.24) is 0 Å². The van der Waals surface area contributed by atoms with Crippen LogP contribution in [0.5, 0.6) is 5.75 Å². The van der Waals surface area contributed by atoms with Crippen LogP contribution in [0, 0.1) is 5.92 Å². The van der Waals surface area contributed by atoms with Crippen molar-refractivity contribution >= 4 is 5.97 Å². The summed E-state index contributed by atoms with van der Waals surface area (Å²) in [6, 6.07) is 16.4. The van der Waals surface area contributed by atoms with E-state index < -0.39 is 0 Å². The zero-order chi connectivity index (χ0) is 15.9. The molecule has 23 heavy (non-hydrogen) atoms. The fourth-order valence-electron chi connectivity index (χ4n) is 3.68. The summed E-state index contributed by atoms with van der Waals surface area (Å²) in [5, 5.41) is 0. The molecule has 4 rings (SSSR count). The standard InChI is InChI=1S/C20H20O3/c1-2-22-19(21)18-12-20(18)11-15-8-9-16(10-17(15)20)23-13-14-6-4-3-5-7-14/h3-10,18H,2,11-13H2,1H3.